The number of benzene rings is 1. The van der Waals surface area contributed by atoms with Crippen molar-refractivity contribution >= 4 is 11.8 Å². The van der Waals surface area contributed by atoms with E-state index in [0.29, 0.717) is 4.75 Å². The Kier molecular flexibility index (Phi) is 3.43. The minimum absolute atomic E-state index is 0.312. The van der Waals surface area contributed by atoms with E-state index in [-0.39, 0.29) is 0 Å². The molecule has 1 heteroatoms. The van der Waals surface area contributed by atoms with Gasteiger partial charge in [-0.1, -0.05) is 39.8 Å². The van der Waals surface area contributed by atoms with Crippen LogP contribution in [0.4, 0.5) is 0 Å². The van der Waals surface area contributed by atoms with Gasteiger partial charge in [0.2, 0.25) is 0 Å². The normalized spacial score (nSPS) is 11.7. The Labute approximate surface area is 85.7 Å². The van der Waals surface area contributed by atoms with E-state index in [9.17, 15) is 0 Å². The summed E-state index contributed by atoms with van der Waals surface area (Å²) in [6, 6.07) is 8.81. The van der Waals surface area contributed by atoms with E-state index >= 15 is 0 Å². The molecule has 0 N–H and O–H groups in total. The molecule has 0 atom stereocenters. The Morgan fingerprint density at radius 3 is 2.46 bits per heavy atom. The van der Waals surface area contributed by atoms with Crippen LogP contribution in [0.1, 0.15) is 33.3 Å². The summed E-state index contributed by atoms with van der Waals surface area (Å²) in [4.78, 5) is 1.38. The molecule has 0 amide bonds. The van der Waals surface area contributed by atoms with Crippen LogP contribution in [0.25, 0.3) is 0 Å². The summed E-state index contributed by atoms with van der Waals surface area (Å²) in [6.45, 7) is 8.93. The molecule has 0 nitrogen and oxygen atoms in total. The van der Waals surface area contributed by atoms with Crippen molar-refractivity contribution in [3.8, 4) is 0 Å². The second-order valence-corrected chi connectivity index (χ2v) is 6.12. The fraction of sp³-hybridized carbons (Fsp3) is 0.500. The molecule has 0 aliphatic heterocycles. The number of aryl methyl sites for hydroxylation is 1. The Morgan fingerprint density at radius 2 is 1.92 bits per heavy atom. The fourth-order valence-electron chi connectivity index (χ4n) is 1.18. The minimum Gasteiger partial charge on any atom is -0.120 e. The summed E-state index contributed by atoms with van der Waals surface area (Å²) < 4.78 is 0.312. The third kappa shape index (κ3) is 3.86. The van der Waals surface area contributed by atoms with Gasteiger partial charge in [0.1, 0.15) is 0 Å². The van der Waals surface area contributed by atoms with Crippen LogP contribution >= 0.6 is 11.8 Å². The Bertz CT molecular complexity index is 271. The van der Waals surface area contributed by atoms with Crippen molar-refractivity contribution < 1.29 is 0 Å². The second-order valence-electron chi connectivity index (χ2n) is 4.22. The van der Waals surface area contributed by atoms with Crippen LogP contribution in [-0.4, -0.2) is 4.75 Å². The average Bonchev–Trinajstić information content (AvgIpc) is 2.01. The van der Waals surface area contributed by atoms with Crippen molar-refractivity contribution in [1.29, 1.82) is 0 Å². The van der Waals surface area contributed by atoms with Gasteiger partial charge in [0.05, 0.1) is 0 Å². The van der Waals surface area contributed by atoms with Crippen molar-refractivity contribution in [2.45, 2.75) is 43.8 Å². The lowest BCUT2D eigenvalue weighted by molar-refractivity contribution is 0.802. The molecule has 0 aromatic heterocycles. The topological polar surface area (TPSA) is 0 Å². The quantitative estimate of drug-likeness (QED) is 0.638. The van der Waals surface area contributed by atoms with E-state index in [1.807, 2.05) is 11.8 Å². The van der Waals surface area contributed by atoms with E-state index in [2.05, 4.69) is 52.0 Å². The Balaban J connectivity index is 2.78. The highest BCUT2D eigenvalue weighted by Crippen LogP contribution is 2.31. The van der Waals surface area contributed by atoms with Crippen LogP contribution < -0.4 is 0 Å². The molecule has 1 aromatic carbocycles. The summed E-state index contributed by atoms with van der Waals surface area (Å²) >= 11 is 1.93. The third-order valence-electron chi connectivity index (χ3n) is 1.73. The first kappa shape index (κ1) is 10.6. The highest BCUT2D eigenvalue weighted by molar-refractivity contribution is 8.00. The van der Waals surface area contributed by atoms with Crippen molar-refractivity contribution in [1.82, 2.24) is 0 Å². The summed E-state index contributed by atoms with van der Waals surface area (Å²) in [6.07, 6.45) is 1.12. The van der Waals surface area contributed by atoms with Crippen LogP contribution in [0, 0.1) is 0 Å². The molecule has 0 fully saturated rings. The summed E-state index contributed by atoms with van der Waals surface area (Å²) in [5.74, 6) is 0. The molecule has 0 heterocycles. The highest BCUT2D eigenvalue weighted by atomic mass is 32.2. The zero-order valence-electron chi connectivity index (χ0n) is 8.92. The van der Waals surface area contributed by atoms with Crippen LogP contribution in [0.2, 0.25) is 0 Å². The van der Waals surface area contributed by atoms with Crippen molar-refractivity contribution in [2.75, 3.05) is 0 Å². The molecule has 0 spiro atoms. The number of hydrogen-bond acceptors (Lipinski definition) is 1. The molecule has 1 aromatic rings. The zero-order chi connectivity index (χ0) is 9.90. The smallest absolute Gasteiger partial charge is 0.0122 e. The average molecular weight is 194 g/mol. The molecule has 13 heavy (non-hydrogen) atoms. The van der Waals surface area contributed by atoms with E-state index < -0.39 is 0 Å². The third-order valence-corrected chi connectivity index (χ3v) is 2.83. The first-order chi connectivity index (χ1) is 6.01. The minimum atomic E-state index is 0.312. The maximum atomic E-state index is 2.29. The molecule has 0 aliphatic carbocycles. The molecule has 0 radical (unpaired) electrons. The molecular weight excluding hydrogens is 176 g/mol. The highest BCUT2D eigenvalue weighted by Gasteiger charge is 2.11. The van der Waals surface area contributed by atoms with Crippen molar-refractivity contribution in [3.63, 3.8) is 0 Å². The number of rotatable bonds is 2. The largest absolute Gasteiger partial charge is 0.120 e. The second kappa shape index (κ2) is 4.19. The van der Waals surface area contributed by atoms with Gasteiger partial charge in [-0.2, -0.15) is 0 Å². The van der Waals surface area contributed by atoms with Gasteiger partial charge in [0.15, 0.2) is 0 Å². The van der Waals surface area contributed by atoms with Gasteiger partial charge in [-0.25, -0.2) is 0 Å². The van der Waals surface area contributed by atoms with Crippen LogP contribution in [-0.2, 0) is 6.42 Å². The molecule has 0 bridgehead atoms. The molecule has 0 saturated heterocycles. The van der Waals surface area contributed by atoms with E-state index in [0.717, 1.165) is 6.42 Å². The maximum absolute atomic E-state index is 2.29. The number of thioether (sulfide) groups is 1. The Morgan fingerprint density at radius 1 is 1.23 bits per heavy atom. The molecular formula is C12H18S. The molecule has 0 aliphatic rings. The fourth-order valence-corrected chi connectivity index (χ4v) is 2.25. The Hall–Kier alpha value is -0.430. The van der Waals surface area contributed by atoms with E-state index in [1.165, 1.54) is 10.5 Å². The predicted molar refractivity (Wildman–Crippen MR) is 61.4 cm³/mol. The molecule has 0 unspecified atom stereocenters. The summed E-state index contributed by atoms with van der Waals surface area (Å²) in [7, 11) is 0. The first-order valence-electron chi connectivity index (χ1n) is 4.79. The van der Waals surface area contributed by atoms with Gasteiger partial charge >= 0.3 is 0 Å². The number of hydrogen-bond donors (Lipinski definition) is 0. The lowest BCUT2D eigenvalue weighted by Gasteiger charge is -2.17. The van der Waals surface area contributed by atoms with Gasteiger partial charge in [0.25, 0.3) is 0 Å². The van der Waals surface area contributed by atoms with E-state index in [4.69, 9.17) is 0 Å². The standard InChI is InChI=1S/C12H18S/c1-5-10-7-6-8-11(9-10)13-12(2,3)4/h6-9H,5H2,1-4H3. The van der Waals surface area contributed by atoms with E-state index in [1.54, 1.807) is 0 Å². The van der Waals surface area contributed by atoms with Gasteiger partial charge < -0.3 is 0 Å². The summed E-state index contributed by atoms with van der Waals surface area (Å²) in [5.41, 5.74) is 1.43. The predicted octanol–water partition coefficient (Wildman–Crippen LogP) is 4.14. The first-order valence-corrected chi connectivity index (χ1v) is 5.61. The van der Waals surface area contributed by atoms with Crippen molar-refractivity contribution in [2.24, 2.45) is 0 Å². The SMILES string of the molecule is CCc1cccc(SC(C)(C)C)c1. The van der Waals surface area contributed by atoms with Gasteiger partial charge in [0, 0.05) is 9.64 Å². The van der Waals surface area contributed by atoms with Gasteiger partial charge in [-0.3, -0.25) is 0 Å². The lowest BCUT2D eigenvalue weighted by atomic mass is 10.2. The van der Waals surface area contributed by atoms with Crippen LogP contribution in [0.3, 0.4) is 0 Å². The zero-order valence-corrected chi connectivity index (χ0v) is 9.74. The lowest BCUT2D eigenvalue weighted by Crippen LogP contribution is -2.06. The molecule has 1 rings (SSSR count). The monoisotopic (exact) mass is 194 g/mol. The van der Waals surface area contributed by atoms with Gasteiger partial charge in [-0.15, -0.1) is 11.8 Å². The maximum Gasteiger partial charge on any atom is 0.0122 e. The van der Waals surface area contributed by atoms with Crippen molar-refractivity contribution in [3.05, 3.63) is 29.8 Å². The molecule has 0 saturated carbocycles. The van der Waals surface area contributed by atoms with Crippen LogP contribution in [0.15, 0.2) is 29.2 Å². The van der Waals surface area contributed by atoms with Crippen LogP contribution in [0.5, 0.6) is 0 Å². The molecule has 72 valence electrons. The summed E-state index contributed by atoms with van der Waals surface area (Å²) in [5, 5.41) is 0. The van der Waals surface area contributed by atoms with Gasteiger partial charge in [-0.05, 0) is 24.1 Å².